The number of aliphatic hydroxyl groups excluding tert-OH is 1. The van der Waals surface area contributed by atoms with Gasteiger partial charge in [0.05, 0.1) is 11.0 Å². The molecule has 148 valence electrons. The number of amides is 2. The number of ether oxygens (including phenoxy) is 1. The molecule has 10 heteroatoms. The normalized spacial score (nSPS) is 20.2. The van der Waals surface area contributed by atoms with Gasteiger partial charge in [-0.15, -0.1) is 0 Å². The van der Waals surface area contributed by atoms with Crippen LogP contribution in [-0.2, 0) is 16.1 Å². The minimum atomic E-state index is -0.707. The SMILES string of the molecule is CC[C@H](O)CNC(=O)[C@@H]1C[C@H](S)CN1C(=O)OCc1ccc([N+](=O)[O-])cc1. The number of likely N-dealkylation sites (tertiary alicyclic amines) is 1. The van der Waals surface area contributed by atoms with Gasteiger partial charge in [0, 0.05) is 30.5 Å². The Bertz CT molecular complexity index is 684. The minimum absolute atomic E-state index is 0.0477. The molecule has 0 radical (unpaired) electrons. The quantitative estimate of drug-likeness (QED) is 0.364. The number of nitro groups is 1. The highest BCUT2D eigenvalue weighted by molar-refractivity contribution is 7.81. The van der Waals surface area contributed by atoms with Crippen molar-refractivity contribution in [2.24, 2.45) is 0 Å². The first-order valence-electron chi connectivity index (χ1n) is 8.62. The number of non-ortho nitro benzene ring substituents is 1. The molecule has 3 atom stereocenters. The van der Waals surface area contributed by atoms with E-state index >= 15 is 0 Å². The Labute approximate surface area is 162 Å². The van der Waals surface area contributed by atoms with Crippen molar-refractivity contribution in [3.05, 3.63) is 39.9 Å². The van der Waals surface area contributed by atoms with Gasteiger partial charge in [0.15, 0.2) is 0 Å². The van der Waals surface area contributed by atoms with Crippen molar-refractivity contribution in [3.63, 3.8) is 0 Å². The molecule has 27 heavy (non-hydrogen) atoms. The number of thiol groups is 1. The molecule has 1 aliphatic rings. The fraction of sp³-hybridized carbons (Fsp3) is 0.529. The fourth-order valence-electron chi connectivity index (χ4n) is 2.69. The summed E-state index contributed by atoms with van der Waals surface area (Å²) in [5, 5.41) is 22.7. The number of nitrogens with one attached hydrogen (secondary N) is 1. The van der Waals surface area contributed by atoms with E-state index in [1.807, 2.05) is 0 Å². The van der Waals surface area contributed by atoms with Crippen LogP contribution >= 0.6 is 12.6 Å². The maximum atomic E-state index is 12.4. The minimum Gasteiger partial charge on any atom is -0.445 e. The molecule has 0 aromatic heterocycles. The summed E-state index contributed by atoms with van der Waals surface area (Å²) in [5.41, 5.74) is 0.552. The van der Waals surface area contributed by atoms with E-state index in [0.717, 1.165) is 0 Å². The van der Waals surface area contributed by atoms with Crippen LogP contribution in [0.4, 0.5) is 10.5 Å². The van der Waals surface area contributed by atoms with Gasteiger partial charge < -0.3 is 15.2 Å². The van der Waals surface area contributed by atoms with Crippen molar-refractivity contribution >= 4 is 30.3 Å². The average molecular weight is 397 g/mol. The van der Waals surface area contributed by atoms with E-state index in [9.17, 15) is 24.8 Å². The predicted molar refractivity (Wildman–Crippen MR) is 100 cm³/mol. The lowest BCUT2D eigenvalue weighted by molar-refractivity contribution is -0.384. The third-order valence-corrected chi connectivity index (χ3v) is 4.68. The first kappa shape index (κ1) is 21.0. The van der Waals surface area contributed by atoms with E-state index in [0.29, 0.717) is 18.4 Å². The van der Waals surface area contributed by atoms with Gasteiger partial charge >= 0.3 is 6.09 Å². The molecule has 0 saturated carbocycles. The van der Waals surface area contributed by atoms with E-state index in [1.54, 1.807) is 6.92 Å². The van der Waals surface area contributed by atoms with E-state index in [1.165, 1.54) is 29.2 Å². The summed E-state index contributed by atoms with van der Waals surface area (Å²) in [6.07, 6.45) is -0.379. The standard InChI is InChI=1S/C17H23N3O6S/c1-2-13(21)8-18-16(22)15-7-14(27)9-19(15)17(23)26-10-11-3-5-12(6-4-11)20(24)25/h3-6,13-15,21,27H,2,7-10H2,1H3,(H,18,22)/t13-,14-,15-/m0/s1. The van der Waals surface area contributed by atoms with Crippen molar-refractivity contribution in [1.29, 1.82) is 0 Å². The topological polar surface area (TPSA) is 122 Å². The lowest BCUT2D eigenvalue weighted by Crippen LogP contribution is -2.47. The maximum Gasteiger partial charge on any atom is 0.410 e. The molecule has 1 fully saturated rings. The number of hydrogen-bond donors (Lipinski definition) is 3. The molecule has 0 aliphatic carbocycles. The number of nitrogens with zero attached hydrogens (tertiary/aromatic N) is 2. The molecule has 1 aliphatic heterocycles. The second-order valence-electron chi connectivity index (χ2n) is 6.34. The van der Waals surface area contributed by atoms with Crippen LogP contribution < -0.4 is 5.32 Å². The van der Waals surface area contributed by atoms with Gasteiger partial charge in [0.25, 0.3) is 5.69 Å². The molecule has 0 bridgehead atoms. The molecular weight excluding hydrogens is 374 g/mol. The van der Waals surface area contributed by atoms with Crippen molar-refractivity contribution in [1.82, 2.24) is 10.2 Å². The average Bonchev–Trinajstić information content (AvgIpc) is 3.06. The summed E-state index contributed by atoms with van der Waals surface area (Å²) in [6.45, 7) is 2.14. The van der Waals surface area contributed by atoms with E-state index < -0.39 is 23.2 Å². The highest BCUT2D eigenvalue weighted by Gasteiger charge is 2.39. The first-order valence-corrected chi connectivity index (χ1v) is 9.14. The van der Waals surface area contributed by atoms with Crippen LogP contribution in [0.3, 0.4) is 0 Å². The van der Waals surface area contributed by atoms with Gasteiger partial charge in [0.2, 0.25) is 5.91 Å². The zero-order valence-electron chi connectivity index (χ0n) is 14.9. The van der Waals surface area contributed by atoms with Crippen LogP contribution in [0.5, 0.6) is 0 Å². The van der Waals surface area contributed by atoms with E-state index in [-0.39, 0.29) is 36.5 Å². The highest BCUT2D eigenvalue weighted by atomic mass is 32.1. The number of benzene rings is 1. The lowest BCUT2D eigenvalue weighted by atomic mass is 10.2. The van der Waals surface area contributed by atoms with Crippen LogP contribution in [0, 0.1) is 10.1 Å². The number of carbonyl (C=O) groups is 2. The molecule has 0 unspecified atom stereocenters. The number of hydrogen-bond acceptors (Lipinski definition) is 7. The van der Waals surface area contributed by atoms with Crippen LogP contribution in [0.15, 0.2) is 24.3 Å². The summed E-state index contributed by atoms with van der Waals surface area (Å²) in [4.78, 5) is 36.2. The summed E-state index contributed by atoms with van der Waals surface area (Å²) in [6, 6.07) is 4.97. The Balaban J connectivity index is 1.92. The first-order chi connectivity index (χ1) is 12.8. The molecule has 0 spiro atoms. The second kappa shape index (κ2) is 9.56. The van der Waals surface area contributed by atoms with Crippen molar-refractivity contribution < 1.29 is 24.4 Å². The molecule has 1 heterocycles. The Hall–Kier alpha value is -2.33. The lowest BCUT2D eigenvalue weighted by Gasteiger charge is -2.23. The van der Waals surface area contributed by atoms with Crippen LogP contribution in [0.2, 0.25) is 0 Å². The molecular formula is C17H23N3O6S. The number of carbonyl (C=O) groups excluding carboxylic acids is 2. The number of rotatable bonds is 7. The Kier molecular flexibility index (Phi) is 7.43. The van der Waals surface area contributed by atoms with Crippen molar-refractivity contribution in [3.8, 4) is 0 Å². The van der Waals surface area contributed by atoms with Crippen LogP contribution in [0.25, 0.3) is 0 Å². The van der Waals surface area contributed by atoms with Crippen LogP contribution in [0.1, 0.15) is 25.3 Å². The summed E-state index contributed by atoms with van der Waals surface area (Å²) in [5.74, 6) is -0.355. The molecule has 2 N–H and O–H groups in total. The van der Waals surface area contributed by atoms with Crippen LogP contribution in [-0.4, -0.2) is 57.4 Å². The molecule has 9 nitrogen and oxygen atoms in total. The monoisotopic (exact) mass is 397 g/mol. The largest absolute Gasteiger partial charge is 0.445 e. The fourth-order valence-corrected chi connectivity index (χ4v) is 3.06. The molecule has 1 saturated heterocycles. The van der Waals surface area contributed by atoms with Crippen molar-refractivity contribution in [2.45, 2.75) is 43.8 Å². The zero-order chi connectivity index (χ0) is 20.0. The highest BCUT2D eigenvalue weighted by Crippen LogP contribution is 2.23. The third-order valence-electron chi connectivity index (χ3n) is 4.31. The van der Waals surface area contributed by atoms with Crippen molar-refractivity contribution in [2.75, 3.05) is 13.1 Å². The van der Waals surface area contributed by atoms with Gasteiger partial charge in [-0.3, -0.25) is 19.8 Å². The van der Waals surface area contributed by atoms with Gasteiger partial charge in [-0.05, 0) is 30.5 Å². The van der Waals surface area contributed by atoms with E-state index in [2.05, 4.69) is 17.9 Å². The molecule has 1 aromatic carbocycles. The molecule has 1 aromatic rings. The molecule has 2 rings (SSSR count). The zero-order valence-corrected chi connectivity index (χ0v) is 15.8. The van der Waals surface area contributed by atoms with Gasteiger partial charge in [-0.2, -0.15) is 12.6 Å². The van der Waals surface area contributed by atoms with Gasteiger partial charge in [-0.25, -0.2) is 4.79 Å². The van der Waals surface area contributed by atoms with Gasteiger partial charge in [0.1, 0.15) is 12.6 Å². The summed E-state index contributed by atoms with van der Waals surface area (Å²) in [7, 11) is 0. The second-order valence-corrected chi connectivity index (χ2v) is 7.07. The Morgan fingerprint density at radius 2 is 2.11 bits per heavy atom. The summed E-state index contributed by atoms with van der Waals surface area (Å²) >= 11 is 4.35. The third kappa shape index (κ3) is 5.83. The number of nitro benzene ring substituents is 1. The Morgan fingerprint density at radius 1 is 1.44 bits per heavy atom. The number of aliphatic hydroxyl groups is 1. The maximum absolute atomic E-state index is 12.4. The predicted octanol–water partition coefficient (Wildman–Crippen LogP) is 1.49. The Morgan fingerprint density at radius 3 is 2.70 bits per heavy atom. The smallest absolute Gasteiger partial charge is 0.410 e. The van der Waals surface area contributed by atoms with Gasteiger partial charge in [-0.1, -0.05) is 6.92 Å². The summed E-state index contributed by atoms with van der Waals surface area (Å²) < 4.78 is 5.24. The molecule has 2 amide bonds. The van der Waals surface area contributed by atoms with E-state index in [4.69, 9.17) is 4.74 Å².